The lowest BCUT2D eigenvalue weighted by Crippen LogP contribution is -2.21. The van der Waals surface area contributed by atoms with E-state index in [1.165, 1.54) is 6.33 Å². The summed E-state index contributed by atoms with van der Waals surface area (Å²) in [5, 5.41) is 0. The highest BCUT2D eigenvalue weighted by atomic mass is 15.3. The van der Waals surface area contributed by atoms with Crippen LogP contribution in [-0.4, -0.2) is 24.1 Å². The van der Waals surface area contributed by atoms with Crippen molar-refractivity contribution in [3.05, 3.63) is 24.8 Å². The van der Waals surface area contributed by atoms with Crippen LogP contribution in [0, 0.1) is 0 Å². The van der Waals surface area contributed by atoms with Gasteiger partial charge in [-0.25, -0.2) is 9.97 Å². The van der Waals surface area contributed by atoms with Crippen LogP contribution in [-0.2, 0) is 0 Å². The van der Waals surface area contributed by atoms with Crippen molar-refractivity contribution in [2.45, 2.75) is 0 Å². The van der Waals surface area contributed by atoms with Crippen LogP contribution in [0.1, 0.15) is 0 Å². The molecule has 0 bridgehead atoms. The van der Waals surface area contributed by atoms with Crippen molar-refractivity contribution < 1.29 is 0 Å². The molecule has 0 spiro atoms. The lowest BCUT2D eigenvalue weighted by Gasteiger charge is -1.81. The van der Waals surface area contributed by atoms with Crippen LogP contribution < -0.4 is 10.9 Å². The van der Waals surface area contributed by atoms with Crippen LogP contribution >= 0.6 is 0 Å². The summed E-state index contributed by atoms with van der Waals surface area (Å²) in [7, 11) is 3.64. The van der Waals surface area contributed by atoms with Crippen LogP contribution in [0.5, 0.6) is 0 Å². The molecule has 1 heterocycles. The Kier molecular flexibility index (Phi) is 7.20. The van der Waals surface area contributed by atoms with Gasteiger partial charge in [-0.1, -0.05) is 0 Å². The van der Waals surface area contributed by atoms with Gasteiger partial charge in [0.15, 0.2) is 0 Å². The fourth-order valence-corrected chi connectivity index (χ4v) is 0.253. The van der Waals surface area contributed by atoms with E-state index in [4.69, 9.17) is 0 Å². The molecule has 1 rings (SSSR count). The zero-order valence-electron chi connectivity index (χ0n) is 6.20. The Morgan fingerprint density at radius 3 is 1.60 bits per heavy atom. The van der Waals surface area contributed by atoms with Crippen molar-refractivity contribution in [2.24, 2.45) is 0 Å². The van der Waals surface area contributed by atoms with Crippen LogP contribution in [0.25, 0.3) is 0 Å². The van der Waals surface area contributed by atoms with E-state index < -0.39 is 0 Å². The van der Waals surface area contributed by atoms with E-state index in [2.05, 4.69) is 20.8 Å². The van der Waals surface area contributed by atoms with Crippen molar-refractivity contribution in [3.63, 3.8) is 0 Å². The molecule has 4 heteroatoms. The van der Waals surface area contributed by atoms with Gasteiger partial charge in [0, 0.05) is 12.4 Å². The number of hydrogen-bond donors (Lipinski definition) is 2. The van der Waals surface area contributed by atoms with Gasteiger partial charge in [-0.3, -0.25) is 10.9 Å². The minimum absolute atomic E-state index is 1.50. The molecule has 0 aliphatic rings. The number of hydrogen-bond acceptors (Lipinski definition) is 4. The van der Waals surface area contributed by atoms with E-state index >= 15 is 0 Å². The average molecular weight is 140 g/mol. The highest BCUT2D eigenvalue weighted by Gasteiger charge is 1.59. The highest BCUT2D eigenvalue weighted by Crippen LogP contribution is 1.66. The first-order valence-corrected chi connectivity index (χ1v) is 2.95. The Bertz CT molecular complexity index is 102. The first-order valence-electron chi connectivity index (χ1n) is 2.95. The van der Waals surface area contributed by atoms with E-state index in [9.17, 15) is 0 Å². The number of nitrogens with one attached hydrogen (secondary N) is 2. The maximum absolute atomic E-state index is 3.67. The molecule has 0 aromatic carbocycles. The fraction of sp³-hybridized carbons (Fsp3) is 0.333. The smallest absolute Gasteiger partial charge is 0.115 e. The normalized spacial score (nSPS) is 7.80. The third kappa shape index (κ3) is 7.00. The van der Waals surface area contributed by atoms with Crippen LogP contribution in [0.4, 0.5) is 0 Å². The van der Waals surface area contributed by atoms with Gasteiger partial charge >= 0.3 is 0 Å². The van der Waals surface area contributed by atoms with E-state index in [1.54, 1.807) is 18.5 Å². The van der Waals surface area contributed by atoms with Gasteiger partial charge in [-0.2, -0.15) is 0 Å². The van der Waals surface area contributed by atoms with Crippen molar-refractivity contribution in [1.29, 1.82) is 0 Å². The molecule has 0 saturated carbocycles. The standard InChI is InChI=1S/C4H4N2.C2H8N2/c1-2-5-4-6-3-1;1-3-4-2/h1-4H;3-4H,1-2H3. The minimum atomic E-state index is 1.50. The third-order valence-corrected chi connectivity index (χ3v) is 0.728. The van der Waals surface area contributed by atoms with Gasteiger partial charge in [0.2, 0.25) is 0 Å². The Morgan fingerprint density at radius 2 is 1.50 bits per heavy atom. The predicted molar refractivity (Wildman–Crippen MR) is 40.2 cm³/mol. The average Bonchev–Trinajstić information content (AvgIpc) is 2.08. The zero-order valence-corrected chi connectivity index (χ0v) is 6.20. The second-order valence-electron chi connectivity index (χ2n) is 1.40. The highest BCUT2D eigenvalue weighted by molar-refractivity contribution is 4.74. The first-order chi connectivity index (χ1) is 4.91. The van der Waals surface area contributed by atoms with Gasteiger partial charge in [-0.05, 0) is 20.2 Å². The summed E-state index contributed by atoms with van der Waals surface area (Å²) >= 11 is 0. The maximum atomic E-state index is 3.67. The summed E-state index contributed by atoms with van der Waals surface area (Å²) in [6.45, 7) is 0. The zero-order chi connectivity index (χ0) is 7.66. The largest absolute Gasteiger partial charge is 0.261 e. The lowest BCUT2D eigenvalue weighted by atomic mass is 10.7. The summed E-state index contributed by atoms with van der Waals surface area (Å²) in [5.41, 5.74) is 5.36. The van der Waals surface area contributed by atoms with Gasteiger partial charge in [-0.15, -0.1) is 0 Å². The molecular formula is C6H12N4. The summed E-state index contributed by atoms with van der Waals surface area (Å²) in [6, 6.07) is 1.78. The molecular weight excluding hydrogens is 128 g/mol. The predicted octanol–water partition coefficient (Wildman–Crippen LogP) is -0.183. The topological polar surface area (TPSA) is 49.8 Å². The van der Waals surface area contributed by atoms with Crippen LogP contribution in [0.15, 0.2) is 24.8 Å². The molecule has 56 valence electrons. The Labute approximate surface area is 60.7 Å². The number of rotatable bonds is 1. The van der Waals surface area contributed by atoms with E-state index in [0.717, 1.165) is 0 Å². The molecule has 4 nitrogen and oxygen atoms in total. The SMILES string of the molecule is CNNC.c1cncnc1. The second kappa shape index (κ2) is 8.00. The lowest BCUT2D eigenvalue weighted by molar-refractivity contribution is 0.689. The Balaban J connectivity index is 0.000000180. The molecule has 0 unspecified atom stereocenters. The van der Waals surface area contributed by atoms with Gasteiger partial charge in [0.1, 0.15) is 6.33 Å². The van der Waals surface area contributed by atoms with Gasteiger partial charge in [0.05, 0.1) is 0 Å². The number of nitrogens with zero attached hydrogens (tertiary/aromatic N) is 2. The summed E-state index contributed by atoms with van der Waals surface area (Å²) in [6.07, 6.45) is 4.88. The Morgan fingerprint density at radius 1 is 1.00 bits per heavy atom. The molecule has 2 N–H and O–H groups in total. The van der Waals surface area contributed by atoms with Crippen molar-refractivity contribution in [2.75, 3.05) is 14.1 Å². The molecule has 0 aliphatic heterocycles. The fourth-order valence-electron chi connectivity index (χ4n) is 0.253. The summed E-state index contributed by atoms with van der Waals surface area (Å²) in [5.74, 6) is 0. The number of hydrazine groups is 1. The van der Waals surface area contributed by atoms with Crippen LogP contribution in [0.3, 0.4) is 0 Å². The van der Waals surface area contributed by atoms with E-state index in [-0.39, 0.29) is 0 Å². The minimum Gasteiger partial charge on any atom is -0.261 e. The first kappa shape index (κ1) is 9.00. The van der Waals surface area contributed by atoms with E-state index in [0.29, 0.717) is 0 Å². The molecule has 1 aromatic rings. The maximum Gasteiger partial charge on any atom is 0.115 e. The molecule has 0 fully saturated rings. The van der Waals surface area contributed by atoms with Crippen molar-refractivity contribution in [3.8, 4) is 0 Å². The molecule has 1 aromatic heterocycles. The van der Waals surface area contributed by atoms with Crippen molar-refractivity contribution in [1.82, 2.24) is 20.8 Å². The quantitative estimate of drug-likeness (QED) is 0.531. The Hall–Kier alpha value is -1.00. The summed E-state index contributed by atoms with van der Waals surface area (Å²) < 4.78 is 0. The molecule has 0 radical (unpaired) electrons. The molecule has 0 aliphatic carbocycles. The molecule has 10 heavy (non-hydrogen) atoms. The molecule has 0 atom stereocenters. The molecule has 0 saturated heterocycles. The number of aromatic nitrogens is 2. The monoisotopic (exact) mass is 140 g/mol. The van der Waals surface area contributed by atoms with E-state index in [1.807, 2.05) is 14.1 Å². The van der Waals surface area contributed by atoms with Crippen molar-refractivity contribution >= 4 is 0 Å². The van der Waals surface area contributed by atoms with Gasteiger partial charge < -0.3 is 0 Å². The second-order valence-corrected chi connectivity index (χ2v) is 1.40. The third-order valence-electron chi connectivity index (χ3n) is 0.728. The van der Waals surface area contributed by atoms with Crippen LogP contribution in [0.2, 0.25) is 0 Å². The molecule has 0 amide bonds. The van der Waals surface area contributed by atoms with Gasteiger partial charge in [0.25, 0.3) is 0 Å². The summed E-state index contributed by atoms with van der Waals surface area (Å²) in [4.78, 5) is 7.35.